The predicted octanol–water partition coefficient (Wildman–Crippen LogP) is 3.23. The fourth-order valence-corrected chi connectivity index (χ4v) is 6.05. The third-order valence-electron chi connectivity index (χ3n) is 7.15. The van der Waals surface area contributed by atoms with E-state index in [0.29, 0.717) is 13.0 Å². The number of rotatable bonds is 1. The fourth-order valence-electron chi connectivity index (χ4n) is 6.05. The Morgan fingerprint density at radius 2 is 2.15 bits per heavy atom. The summed E-state index contributed by atoms with van der Waals surface area (Å²) in [6, 6.07) is 8.03. The lowest BCUT2D eigenvalue weighted by atomic mass is 9.63. The molecule has 6 rings (SSSR count). The van der Waals surface area contributed by atoms with Crippen LogP contribution in [0.2, 0.25) is 0 Å². The van der Waals surface area contributed by atoms with Crippen LogP contribution in [0, 0.1) is 17.0 Å². The van der Waals surface area contributed by atoms with E-state index in [2.05, 4.69) is 29.8 Å². The molecule has 4 aliphatic heterocycles. The minimum absolute atomic E-state index is 0.0873. The van der Waals surface area contributed by atoms with Gasteiger partial charge in [0, 0.05) is 36.7 Å². The molecule has 0 amide bonds. The van der Waals surface area contributed by atoms with Gasteiger partial charge in [0.2, 0.25) is 0 Å². The van der Waals surface area contributed by atoms with Gasteiger partial charge in [0.25, 0.3) is 0 Å². The Morgan fingerprint density at radius 1 is 1.38 bits per heavy atom. The predicted molar refractivity (Wildman–Crippen MR) is 99.0 cm³/mol. The first-order valence-electron chi connectivity index (χ1n) is 9.38. The van der Waals surface area contributed by atoms with Gasteiger partial charge in [-0.2, -0.15) is 0 Å². The van der Waals surface area contributed by atoms with E-state index in [0.717, 1.165) is 12.0 Å². The molecule has 0 N–H and O–H groups in total. The minimum Gasteiger partial charge on any atom is -0.632 e. The third-order valence-corrected chi connectivity index (χ3v) is 7.15. The number of aromatic nitrogens is 1. The van der Waals surface area contributed by atoms with Gasteiger partial charge in [-0.1, -0.05) is 24.3 Å². The molecule has 0 saturated carbocycles. The summed E-state index contributed by atoms with van der Waals surface area (Å²) in [5.74, 6) is -0.428. The van der Waals surface area contributed by atoms with Crippen LogP contribution >= 0.6 is 0 Å². The topological polar surface area (TPSA) is 54.3 Å². The first-order chi connectivity index (χ1) is 12.5. The van der Waals surface area contributed by atoms with Crippen molar-refractivity contribution in [1.29, 1.82) is 0 Å². The van der Waals surface area contributed by atoms with Crippen molar-refractivity contribution in [3.63, 3.8) is 0 Å². The number of piperidine rings is 3. The number of benzene rings is 1. The molecule has 5 nitrogen and oxygen atoms in total. The number of carbonyl (C=O) groups is 1. The summed E-state index contributed by atoms with van der Waals surface area (Å²) in [5.41, 5.74) is 4.75. The van der Waals surface area contributed by atoms with E-state index in [1.165, 1.54) is 29.3 Å². The average molecular weight is 352 g/mol. The van der Waals surface area contributed by atoms with E-state index in [9.17, 15) is 10.0 Å². The molecule has 1 aromatic heterocycles. The van der Waals surface area contributed by atoms with E-state index < -0.39 is 0 Å². The molecule has 0 aliphatic carbocycles. The largest absolute Gasteiger partial charge is 0.632 e. The molecule has 0 radical (unpaired) electrons. The molecule has 5 heteroatoms. The highest BCUT2D eigenvalue weighted by Crippen LogP contribution is 2.59. The summed E-state index contributed by atoms with van der Waals surface area (Å²) in [5, 5.41) is 15.4. The van der Waals surface area contributed by atoms with E-state index in [-0.39, 0.29) is 34.5 Å². The SMILES string of the molecule is C/C=C1/C[N@@+]2([O-])[C@H]3C[C@@H]1[C@H](C(=O)OC)[C@@H]2Cc1c3n(C)c2ccccc12. The summed E-state index contributed by atoms with van der Waals surface area (Å²) in [7, 11) is 3.51. The molecular formula is C21H24N2O3. The van der Waals surface area contributed by atoms with Crippen molar-refractivity contribution in [2.24, 2.45) is 18.9 Å². The summed E-state index contributed by atoms with van der Waals surface area (Å²) in [6.45, 7) is 2.49. The third kappa shape index (κ3) is 1.75. The van der Waals surface area contributed by atoms with Gasteiger partial charge in [-0.15, -0.1) is 0 Å². The van der Waals surface area contributed by atoms with Gasteiger partial charge in [-0.05, 0) is 24.1 Å². The second-order valence-corrected chi connectivity index (χ2v) is 7.99. The average Bonchev–Trinajstić information content (AvgIpc) is 2.92. The Labute approximate surface area is 153 Å². The zero-order chi connectivity index (χ0) is 18.2. The monoisotopic (exact) mass is 352 g/mol. The van der Waals surface area contributed by atoms with Crippen LogP contribution in [0.4, 0.5) is 0 Å². The summed E-state index contributed by atoms with van der Waals surface area (Å²) >= 11 is 0. The van der Waals surface area contributed by atoms with Gasteiger partial charge in [0.05, 0.1) is 12.8 Å². The molecule has 3 saturated heterocycles. The smallest absolute Gasteiger partial charge is 0.315 e. The van der Waals surface area contributed by atoms with Crippen LogP contribution in [0.25, 0.3) is 10.9 Å². The van der Waals surface area contributed by atoms with Crippen molar-refractivity contribution in [2.75, 3.05) is 13.7 Å². The van der Waals surface area contributed by atoms with Crippen LogP contribution in [0.3, 0.4) is 0 Å². The van der Waals surface area contributed by atoms with Crippen molar-refractivity contribution in [3.05, 3.63) is 52.4 Å². The quantitative estimate of drug-likeness (QED) is 0.343. The van der Waals surface area contributed by atoms with Crippen molar-refractivity contribution in [2.45, 2.75) is 31.8 Å². The normalized spacial score (nSPS) is 36.4. The number of carbonyl (C=O) groups excluding carboxylic acids is 1. The molecule has 4 aliphatic rings. The van der Waals surface area contributed by atoms with Crippen LogP contribution in [-0.4, -0.2) is 34.9 Å². The molecule has 3 fully saturated rings. The Bertz CT molecular complexity index is 960. The minimum atomic E-state index is -0.333. The number of nitrogens with zero attached hydrogens (tertiary/aromatic N) is 2. The molecule has 5 atom stereocenters. The van der Waals surface area contributed by atoms with Crippen LogP contribution in [0.15, 0.2) is 35.9 Å². The number of hydrogen-bond acceptors (Lipinski definition) is 3. The second-order valence-electron chi connectivity index (χ2n) is 7.99. The summed E-state index contributed by atoms with van der Waals surface area (Å²) in [4.78, 5) is 12.6. The Morgan fingerprint density at radius 3 is 2.88 bits per heavy atom. The van der Waals surface area contributed by atoms with Crippen molar-refractivity contribution in [3.8, 4) is 0 Å². The number of hydrogen-bond donors (Lipinski definition) is 0. The fraction of sp³-hybridized carbons (Fsp3) is 0.476. The number of quaternary nitrogens is 1. The van der Waals surface area contributed by atoms with Crippen LogP contribution in [0.5, 0.6) is 0 Å². The molecule has 2 aromatic rings. The molecule has 26 heavy (non-hydrogen) atoms. The maximum Gasteiger partial charge on any atom is 0.315 e. The lowest BCUT2D eigenvalue weighted by molar-refractivity contribution is -0.951. The van der Waals surface area contributed by atoms with Crippen molar-refractivity contribution in [1.82, 2.24) is 4.57 Å². The Balaban J connectivity index is 1.76. The van der Waals surface area contributed by atoms with Gasteiger partial charge in [-0.3, -0.25) is 4.79 Å². The Kier molecular flexibility index (Phi) is 3.22. The summed E-state index contributed by atoms with van der Waals surface area (Å²) < 4.78 is 7.05. The summed E-state index contributed by atoms with van der Waals surface area (Å²) in [6.07, 6.45) is 3.43. The molecule has 136 valence electrons. The molecule has 4 bridgehead atoms. The maximum absolute atomic E-state index is 14.1. The van der Waals surface area contributed by atoms with Crippen molar-refractivity contribution >= 4 is 16.9 Å². The lowest BCUT2D eigenvalue weighted by Crippen LogP contribution is -2.70. The number of fused-ring (bicyclic) bond motifs is 4. The van der Waals surface area contributed by atoms with Gasteiger partial charge in [0.15, 0.2) is 0 Å². The molecule has 0 unspecified atom stereocenters. The van der Waals surface area contributed by atoms with E-state index in [4.69, 9.17) is 4.74 Å². The highest BCUT2D eigenvalue weighted by atomic mass is 16.6. The molecular weight excluding hydrogens is 328 g/mol. The number of hydroxylamine groups is 3. The molecule has 0 spiro atoms. The van der Waals surface area contributed by atoms with Gasteiger partial charge in [-0.25, -0.2) is 0 Å². The van der Waals surface area contributed by atoms with E-state index in [1.807, 2.05) is 19.1 Å². The van der Waals surface area contributed by atoms with Crippen LogP contribution in [-0.2, 0) is 23.0 Å². The van der Waals surface area contributed by atoms with E-state index in [1.54, 1.807) is 0 Å². The Hall–Kier alpha value is -2.11. The standard InChI is InChI=1S/C21H24N2O3/c1-4-12-11-23(25)17-10-15-13-7-5-6-8-16(13)22(2)20(15)18(23)9-14(12)19(17)21(24)26-3/h4-8,14,17-19H,9-11H2,1-3H3/b12-4-/t14-,17-,18-,19-,23-/m0/s1. The number of ether oxygens (including phenoxy) is 1. The zero-order valence-corrected chi connectivity index (χ0v) is 15.4. The number of para-hydroxylation sites is 1. The number of esters is 1. The highest BCUT2D eigenvalue weighted by molar-refractivity contribution is 5.86. The number of methoxy groups -OCH3 is 1. The lowest BCUT2D eigenvalue weighted by Gasteiger charge is -2.66. The van der Waals surface area contributed by atoms with Gasteiger partial charge in [0.1, 0.15) is 24.5 Å². The maximum atomic E-state index is 14.1. The molecule has 5 heterocycles. The highest BCUT2D eigenvalue weighted by Gasteiger charge is 2.62. The number of allylic oxidation sites excluding steroid dienone is 1. The van der Waals surface area contributed by atoms with Gasteiger partial charge >= 0.3 is 5.97 Å². The second kappa shape index (κ2) is 5.21. The van der Waals surface area contributed by atoms with Crippen molar-refractivity contribution < 1.29 is 14.2 Å². The first-order valence-corrected chi connectivity index (χ1v) is 9.38. The van der Waals surface area contributed by atoms with Crippen LogP contribution in [0.1, 0.15) is 30.6 Å². The molecule has 1 aromatic carbocycles. The zero-order valence-electron chi connectivity index (χ0n) is 15.4. The van der Waals surface area contributed by atoms with Crippen LogP contribution < -0.4 is 0 Å². The van der Waals surface area contributed by atoms with E-state index >= 15 is 0 Å². The number of aryl methyl sites for hydroxylation is 1. The first kappa shape index (κ1) is 16.1. The van der Waals surface area contributed by atoms with Gasteiger partial charge < -0.3 is 19.2 Å².